The highest BCUT2D eigenvalue weighted by Gasteiger charge is 2.30. The fraction of sp³-hybridized carbons (Fsp3) is 0.0377. The molecule has 0 fully saturated rings. The van der Waals surface area contributed by atoms with Gasteiger partial charge >= 0.3 is 0 Å². The van der Waals surface area contributed by atoms with Crippen LogP contribution in [0.2, 0.25) is 0 Å². The largest absolute Gasteiger partial charge is 0.309 e. The van der Waals surface area contributed by atoms with E-state index in [1.54, 1.807) is 0 Å². The van der Waals surface area contributed by atoms with Gasteiger partial charge in [0, 0.05) is 40.3 Å². The van der Waals surface area contributed by atoms with E-state index in [9.17, 15) is 0 Å². The molecular weight excluding hydrogens is 693 g/mol. The summed E-state index contributed by atoms with van der Waals surface area (Å²) in [5, 5.41) is 2.57. The van der Waals surface area contributed by atoms with Crippen molar-refractivity contribution in [2.45, 2.75) is 12.8 Å². The SMILES string of the molecule is c1ccc(-c2nc(-c3ccccc3)nc(-c3cccc4c3Cc3c-4cccc3-c3cccc4c3Cc3c-4cccc3-n3c4ccccc4c4ccccc43)n2)cc1. The van der Waals surface area contributed by atoms with Crippen LogP contribution in [-0.2, 0) is 12.8 Å². The standard InChI is InChI=1S/C53H34N4/c1-3-15-33(16-4-1)51-54-52(34-17-5-2-6-18-34)56-53(55-51)43-27-13-25-38-37-23-11-21-35(44(37)31-46(38)43)36-22-12-24-39-40-26-14-30-50(47(40)32-45(36)39)57-48-28-9-7-19-41(48)42-20-8-10-29-49(42)57/h1-30H,31-32H2. The molecule has 0 atom stereocenters. The summed E-state index contributed by atoms with van der Waals surface area (Å²) in [4.78, 5) is 15.2. The van der Waals surface area contributed by atoms with Crippen LogP contribution in [0, 0.1) is 0 Å². The van der Waals surface area contributed by atoms with Crippen molar-refractivity contribution in [2.24, 2.45) is 0 Å². The second-order valence-corrected chi connectivity index (χ2v) is 15.1. The number of hydrogen-bond donors (Lipinski definition) is 0. The molecule has 4 nitrogen and oxygen atoms in total. The first-order valence-corrected chi connectivity index (χ1v) is 19.6. The van der Waals surface area contributed by atoms with Gasteiger partial charge < -0.3 is 4.57 Å². The zero-order valence-corrected chi connectivity index (χ0v) is 31.0. The van der Waals surface area contributed by atoms with Gasteiger partial charge in [-0.2, -0.15) is 0 Å². The minimum atomic E-state index is 0.674. The maximum atomic E-state index is 5.13. The van der Waals surface area contributed by atoms with Crippen LogP contribution in [0.25, 0.3) is 95.0 Å². The quantitative estimate of drug-likeness (QED) is 0.177. The maximum absolute atomic E-state index is 5.13. The minimum Gasteiger partial charge on any atom is -0.309 e. The zero-order valence-electron chi connectivity index (χ0n) is 31.0. The Bertz CT molecular complexity index is 3120. The van der Waals surface area contributed by atoms with Crippen molar-refractivity contribution in [3.05, 3.63) is 204 Å². The molecule has 0 bridgehead atoms. The number of para-hydroxylation sites is 2. The fourth-order valence-electron chi connectivity index (χ4n) is 9.49. The molecule has 0 N–H and O–H groups in total. The van der Waals surface area contributed by atoms with Crippen molar-refractivity contribution in [3.8, 4) is 73.2 Å². The Hall–Kier alpha value is -7.43. The summed E-state index contributed by atoms with van der Waals surface area (Å²) in [6, 6.07) is 65.1. The summed E-state index contributed by atoms with van der Waals surface area (Å²) >= 11 is 0. The number of aromatic nitrogens is 4. The fourth-order valence-corrected chi connectivity index (χ4v) is 9.49. The van der Waals surface area contributed by atoms with Crippen molar-refractivity contribution in [1.29, 1.82) is 0 Å². The van der Waals surface area contributed by atoms with Gasteiger partial charge in [0.15, 0.2) is 17.5 Å². The number of hydrogen-bond acceptors (Lipinski definition) is 3. The molecule has 0 spiro atoms. The predicted octanol–water partition coefficient (Wildman–Crippen LogP) is 12.8. The highest BCUT2D eigenvalue weighted by Crippen LogP contribution is 2.49. The Morgan fingerprint density at radius 2 is 0.667 bits per heavy atom. The molecule has 4 heteroatoms. The van der Waals surface area contributed by atoms with Gasteiger partial charge in [-0.1, -0.05) is 164 Å². The Morgan fingerprint density at radius 3 is 1.18 bits per heavy atom. The summed E-state index contributed by atoms with van der Waals surface area (Å²) in [7, 11) is 0. The Morgan fingerprint density at radius 1 is 0.298 bits per heavy atom. The third-order valence-electron chi connectivity index (χ3n) is 12.0. The molecule has 57 heavy (non-hydrogen) atoms. The van der Waals surface area contributed by atoms with Crippen LogP contribution in [0.5, 0.6) is 0 Å². The highest BCUT2D eigenvalue weighted by atomic mass is 15.0. The molecule has 10 aromatic rings. The predicted molar refractivity (Wildman–Crippen MR) is 232 cm³/mol. The van der Waals surface area contributed by atoms with Gasteiger partial charge in [-0.25, -0.2) is 15.0 Å². The van der Waals surface area contributed by atoms with E-state index in [1.165, 1.54) is 83.1 Å². The lowest BCUT2D eigenvalue weighted by Crippen LogP contribution is -2.01. The zero-order chi connectivity index (χ0) is 37.5. The summed E-state index contributed by atoms with van der Waals surface area (Å²) < 4.78 is 2.47. The van der Waals surface area contributed by atoms with E-state index >= 15 is 0 Å². The van der Waals surface area contributed by atoms with Gasteiger partial charge in [0.1, 0.15) is 0 Å². The summed E-state index contributed by atoms with van der Waals surface area (Å²) in [6.07, 6.45) is 1.67. The second-order valence-electron chi connectivity index (χ2n) is 15.1. The number of nitrogens with zero attached hydrogens (tertiary/aromatic N) is 4. The van der Waals surface area contributed by atoms with Crippen molar-refractivity contribution >= 4 is 21.8 Å². The van der Waals surface area contributed by atoms with Crippen LogP contribution in [0.3, 0.4) is 0 Å². The first kappa shape index (κ1) is 31.9. The van der Waals surface area contributed by atoms with Gasteiger partial charge in [0.2, 0.25) is 0 Å². The van der Waals surface area contributed by atoms with Gasteiger partial charge in [0.05, 0.1) is 16.7 Å². The molecule has 0 aliphatic heterocycles. The average Bonchev–Trinajstić information content (AvgIpc) is 3.97. The van der Waals surface area contributed by atoms with Crippen LogP contribution in [0.4, 0.5) is 0 Å². The topological polar surface area (TPSA) is 43.6 Å². The molecule has 0 saturated heterocycles. The van der Waals surface area contributed by atoms with E-state index in [-0.39, 0.29) is 0 Å². The molecule has 0 saturated carbocycles. The Balaban J connectivity index is 0.974. The lowest BCUT2D eigenvalue weighted by molar-refractivity contribution is 1.07. The van der Waals surface area contributed by atoms with Gasteiger partial charge in [-0.05, 0) is 73.8 Å². The van der Waals surface area contributed by atoms with Crippen LogP contribution in [0.1, 0.15) is 22.3 Å². The smallest absolute Gasteiger partial charge is 0.164 e. The van der Waals surface area contributed by atoms with E-state index in [2.05, 4.69) is 150 Å². The van der Waals surface area contributed by atoms with E-state index in [4.69, 9.17) is 15.0 Å². The molecule has 0 amide bonds. The van der Waals surface area contributed by atoms with Gasteiger partial charge in [0.25, 0.3) is 0 Å². The van der Waals surface area contributed by atoms with Gasteiger partial charge in [-0.15, -0.1) is 0 Å². The van der Waals surface area contributed by atoms with Crippen molar-refractivity contribution in [2.75, 3.05) is 0 Å². The molecule has 2 aromatic heterocycles. The molecule has 2 heterocycles. The van der Waals surface area contributed by atoms with Gasteiger partial charge in [-0.3, -0.25) is 0 Å². The first-order valence-electron chi connectivity index (χ1n) is 19.6. The molecule has 2 aliphatic carbocycles. The maximum Gasteiger partial charge on any atom is 0.164 e. The van der Waals surface area contributed by atoms with Crippen LogP contribution < -0.4 is 0 Å². The van der Waals surface area contributed by atoms with Crippen LogP contribution in [-0.4, -0.2) is 19.5 Å². The van der Waals surface area contributed by atoms with Crippen molar-refractivity contribution < 1.29 is 0 Å². The molecule has 12 rings (SSSR count). The number of benzene rings is 8. The van der Waals surface area contributed by atoms with Crippen molar-refractivity contribution in [1.82, 2.24) is 19.5 Å². The normalized spacial score (nSPS) is 12.4. The second kappa shape index (κ2) is 12.6. The van der Waals surface area contributed by atoms with Crippen LogP contribution >= 0.6 is 0 Å². The lowest BCUT2D eigenvalue weighted by atomic mass is 9.90. The number of fused-ring (bicyclic) bond motifs is 9. The highest BCUT2D eigenvalue weighted by molar-refractivity contribution is 6.09. The molecule has 2 aliphatic rings. The third-order valence-corrected chi connectivity index (χ3v) is 12.0. The molecule has 266 valence electrons. The monoisotopic (exact) mass is 726 g/mol. The van der Waals surface area contributed by atoms with Crippen LogP contribution in [0.15, 0.2) is 182 Å². The average molecular weight is 727 g/mol. The van der Waals surface area contributed by atoms with E-state index < -0.39 is 0 Å². The number of rotatable bonds is 5. The molecule has 0 radical (unpaired) electrons. The minimum absolute atomic E-state index is 0.674. The Labute approximate surface area is 330 Å². The third kappa shape index (κ3) is 4.90. The molecule has 0 unspecified atom stereocenters. The summed E-state index contributed by atoms with van der Waals surface area (Å²) in [5.74, 6) is 2.04. The van der Waals surface area contributed by atoms with E-state index in [1.807, 2.05) is 36.4 Å². The van der Waals surface area contributed by atoms with E-state index in [0.717, 1.165) is 29.5 Å². The summed E-state index contributed by atoms with van der Waals surface area (Å²) in [6.45, 7) is 0. The molecule has 8 aromatic carbocycles. The van der Waals surface area contributed by atoms with Crippen molar-refractivity contribution in [3.63, 3.8) is 0 Å². The lowest BCUT2D eigenvalue weighted by Gasteiger charge is -2.14. The first-order chi connectivity index (χ1) is 28.3. The molecular formula is C53H34N4. The summed E-state index contributed by atoms with van der Waals surface area (Å²) in [5.41, 5.74) is 19.9. The Kier molecular flexibility index (Phi) is 7.02. The van der Waals surface area contributed by atoms with E-state index in [0.29, 0.717) is 17.5 Å².